The zero-order chi connectivity index (χ0) is 28.2. The average molecular weight is 550 g/mol. The maximum atomic E-state index is 14.2. The maximum Gasteiger partial charge on any atom is 0.323 e. The third-order valence-electron chi connectivity index (χ3n) is 6.90. The number of carboxylic acid groups (broad SMARTS) is 1. The van der Waals surface area contributed by atoms with Gasteiger partial charge in [0, 0.05) is 22.5 Å². The lowest BCUT2D eigenvalue weighted by Gasteiger charge is -2.41. The summed E-state index contributed by atoms with van der Waals surface area (Å²) in [7, 11) is -3.97. The molecular formula is C28H31N5O5S. The number of nitrogens with two attached hydrogens (primary N) is 2. The van der Waals surface area contributed by atoms with Crippen LogP contribution in [-0.4, -0.2) is 43.3 Å². The summed E-state index contributed by atoms with van der Waals surface area (Å²) < 4.78 is 24.1. The van der Waals surface area contributed by atoms with Gasteiger partial charge in [0.2, 0.25) is 10.0 Å². The zero-order valence-electron chi connectivity index (χ0n) is 21.3. The fourth-order valence-corrected chi connectivity index (χ4v) is 5.80. The Morgan fingerprint density at radius 1 is 0.974 bits per heavy atom. The molecule has 204 valence electrons. The Morgan fingerprint density at radius 3 is 2.26 bits per heavy atom. The standard InChI is InChI=1S/C28H31N5O5S/c29-26(30)20-7-6-8-21(17-20)32-28(15-4-1-5-16-28)27(36)33(18-25(34)35)22-13-11-19(12-14-22)23-9-2-3-10-24(23)39(31,37)38/h2-3,6-14,17,32H,1,4-5,15-16,18H2,(H3,29,30)(H,34,35)(H2,31,37,38). The van der Waals surface area contributed by atoms with Crippen LogP contribution in [0.3, 0.4) is 0 Å². The number of aliphatic carboxylic acids is 1. The number of sulfonamides is 1. The lowest BCUT2D eigenvalue weighted by atomic mass is 9.80. The molecule has 10 nitrogen and oxygen atoms in total. The number of hydrogen-bond acceptors (Lipinski definition) is 6. The first-order valence-corrected chi connectivity index (χ1v) is 14.0. The van der Waals surface area contributed by atoms with Crippen molar-refractivity contribution < 1.29 is 23.1 Å². The highest BCUT2D eigenvalue weighted by atomic mass is 32.2. The fourth-order valence-electron chi connectivity index (χ4n) is 5.04. The Labute approximate surface area is 227 Å². The van der Waals surface area contributed by atoms with Crippen LogP contribution in [0.1, 0.15) is 37.7 Å². The number of amides is 1. The van der Waals surface area contributed by atoms with E-state index in [4.69, 9.17) is 16.3 Å². The number of hydrogen-bond donors (Lipinski definition) is 5. The summed E-state index contributed by atoms with van der Waals surface area (Å²) in [6.07, 6.45) is 3.55. The van der Waals surface area contributed by atoms with Crippen molar-refractivity contribution >= 4 is 39.1 Å². The number of carbonyl (C=O) groups is 2. The molecule has 0 atom stereocenters. The van der Waals surface area contributed by atoms with Gasteiger partial charge in [-0.25, -0.2) is 13.6 Å². The summed E-state index contributed by atoms with van der Waals surface area (Å²) in [6, 6.07) is 19.7. The molecule has 1 fully saturated rings. The van der Waals surface area contributed by atoms with E-state index in [-0.39, 0.29) is 16.6 Å². The number of amidine groups is 1. The third-order valence-corrected chi connectivity index (χ3v) is 7.86. The van der Waals surface area contributed by atoms with Gasteiger partial charge >= 0.3 is 5.97 Å². The topological polar surface area (TPSA) is 180 Å². The summed E-state index contributed by atoms with van der Waals surface area (Å²) in [4.78, 5) is 27.2. The van der Waals surface area contributed by atoms with Gasteiger partial charge in [-0.05, 0) is 48.7 Å². The minimum Gasteiger partial charge on any atom is -0.480 e. The third kappa shape index (κ3) is 6.27. The number of nitrogen functional groups attached to an aromatic ring is 1. The quantitative estimate of drug-likeness (QED) is 0.200. The number of carbonyl (C=O) groups excluding carboxylic acids is 1. The Morgan fingerprint density at radius 2 is 1.64 bits per heavy atom. The van der Waals surface area contributed by atoms with Gasteiger partial charge in [-0.3, -0.25) is 19.9 Å². The molecule has 0 saturated heterocycles. The van der Waals surface area contributed by atoms with Crippen LogP contribution in [0.15, 0.2) is 77.7 Å². The van der Waals surface area contributed by atoms with Gasteiger partial charge in [-0.15, -0.1) is 0 Å². The molecule has 39 heavy (non-hydrogen) atoms. The molecule has 1 amide bonds. The molecule has 0 unspecified atom stereocenters. The van der Waals surface area contributed by atoms with Gasteiger partial charge in [-0.1, -0.05) is 61.7 Å². The van der Waals surface area contributed by atoms with Crippen LogP contribution in [0.5, 0.6) is 0 Å². The Hall–Kier alpha value is -4.22. The van der Waals surface area contributed by atoms with Gasteiger partial charge in [-0.2, -0.15) is 0 Å². The Kier molecular flexibility index (Phi) is 8.03. The van der Waals surface area contributed by atoms with E-state index in [1.807, 2.05) is 0 Å². The number of rotatable bonds is 9. The van der Waals surface area contributed by atoms with Gasteiger partial charge in [0.1, 0.15) is 17.9 Å². The molecule has 4 rings (SSSR count). The summed E-state index contributed by atoms with van der Waals surface area (Å²) in [6.45, 7) is -0.553. The molecule has 1 aliphatic carbocycles. The summed E-state index contributed by atoms with van der Waals surface area (Å²) >= 11 is 0. The highest BCUT2D eigenvalue weighted by Gasteiger charge is 2.43. The van der Waals surface area contributed by atoms with Crippen LogP contribution in [0.4, 0.5) is 11.4 Å². The van der Waals surface area contributed by atoms with E-state index in [1.165, 1.54) is 11.0 Å². The van der Waals surface area contributed by atoms with E-state index in [2.05, 4.69) is 5.32 Å². The number of carboxylic acids is 1. The van der Waals surface area contributed by atoms with Crippen LogP contribution in [0.2, 0.25) is 0 Å². The molecule has 3 aromatic rings. The number of nitrogens with zero attached hydrogens (tertiary/aromatic N) is 1. The van der Waals surface area contributed by atoms with Crippen LogP contribution < -0.4 is 21.1 Å². The van der Waals surface area contributed by atoms with Crippen molar-refractivity contribution in [2.45, 2.75) is 42.5 Å². The van der Waals surface area contributed by atoms with Gasteiger partial charge in [0.15, 0.2) is 0 Å². The molecule has 7 N–H and O–H groups in total. The second kappa shape index (κ2) is 11.3. The molecule has 0 aliphatic heterocycles. The second-order valence-corrected chi connectivity index (χ2v) is 11.2. The SMILES string of the molecule is N=C(N)c1cccc(NC2(C(=O)N(CC(=O)O)c3ccc(-c4ccccc4S(N)(=O)=O)cc3)CCCCC2)c1. The van der Waals surface area contributed by atoms with Crippen molar-refractivity contribution in [2.75, 3.05) is 16.8 Å². The van der Waals surface area contributed by atoms with Crippen molar-refractivity contribution in [2.24, 2.45) is 10.9 Å². The lowest BCUT2D eigenvalue weighted by molar-refractivity contribution is -0.137. The molecular weight excluding hydrogens is 518 g/mol. The lowest BCUT2D eigenvalue weighted by Crippen LogP contribution is -2.56. The highest BCUT2D eigenvalue weighted by molar-refractivity contribution is 7.89. The number of primary sulfonamides is 1. The predicted octanol–water partition coefficient (Wildman–Crippen LogP) is 3.52. The van der Waals surface area contributed by atoms with Crippen LogP contribution >= 0.6 is 0 Å². The van der Waals surface area contributed by atoms with E-state index in [1.54, 1.807) is 66.7 Å². The monoisotopic (exact) mass is 549 g/mol. The van der Waals surface area contributed by atoms with Crippen molar-refractivity contribution in [3.05, 3.63) is 78.4 Å². The molecule has 0 radical (unpaired) electrons. The van der Waals surface area contributed by atoms with Crippen molar-refractivity contribution in [3.63, 3.8) is 0 Å². The zero-order valence-corrected chi connectivity index (χ0v) is 22.1. The first-order chi connectivity index (χ1) is 18.5. The highest BCUT2D eigenvalue weighted by Crippen LogP contribution is 2.36. The molecule has 11 heteroatoms. The fraction of sp³-hybridized carbons (Fsp3) is 0.250. The van der Waals surface area contributed by atoms with Crippen molar-refractivity contribution in [1.29, 1.82) is 5.41 Å². The average Bonchev–Trinajstić information content (AvgIpc) is 2.91. The molecule has 3 aromatic carbocycles. The van der Waals surface area contributed by atoms with Crippen molar-refractivity contribution in [3.8, 4) is 11.1 Å². The number of benzene rings is 3. The van der Waals surface area contributed by atoms with E-state index in [9.17, 15) is 23.1 Å². The molecule has 0 bridgehead atoms. The Bertz CT molecular complexity index is 1500. The van der Waals surface area contributed by atoms with Crippen LogP contribution in [0, 0.1) is 5.41 Å². The largest absolute Gasteiger partial charge is 0.480 e. The molecule has 1 aliphatic rings. The minimum atomic E-state index is -3.97. The van der Waals surface area contributed by atoms with E-state index in [0.717, 1.165) is 19.3 Å². The molecule has 0 aromatic heterocycles. The predicted molar refractivity (Wildman–Crippen MR) is 150 cm³/mol. The second-order valence-electron chi connectivity index (χ2n) is 9.64. The van der Waals surface area contributed by atoms with E-state index < -0.39 is 28.1 Å². The Balaban J connectivity index is 1.71. The van der Waals surface area contributed by atoms with E-state index in [0.29, 0.717) is 40.9 Å². The number of anilines is 2. The maximum absolute atomic E-state index is 14.2. The van der Waals surface area contributed by atoms with Crippen molar-refractivity contribution in [1.82, 2.24) is 0 Å². The summed E-state index contributed by atoms with van der Waals surface area (Å²) in [5, 5.41) is 26.2. The first kappa shape index (κ1) is 27.8. The van der Waals surface area contributed by atoms with E-state index >= 15 is 0 Å². The van der Waals surface area contributed by atoms with Gasteiger partial charge < -0.3 is 16.2 Å². The molecule has 0 spiro atoms. The first-order valence-electron chi connectivity index (χ1n) is 12.5. The number of nitrogens with one attached hydrogen (secondary N) is 2. The van der Waals surface area contributed by atoms with Gasteiger partial charge in [0.25, 0.3) is 5.91 Å². The molecule has 1 saturated carbocycles. The molecule has 0 heterocycles. The smallest absolute Gasteiger partial charge is 0.323 e. The van der Waals surface area contributed by atoms with Crippen LogP contribution in [-0.2, 0) is 19.6 Å². The van der Waals surface area contributed by atoms with Gasteiger partial charge in [0.05, 0.1) is 4.90 Å². The summed E-state index contributed by atoms with van der Waals surface area (Å²) in [5.41, 5.74) is 7.04. The minimum absolute atomic E-state index is 0.0330. The summed E-state index contributed by atoms with van der Waals surface area (Å²) in [5.74, 6) is -1.65. The normalized spacial score (nSPS) is 14.8. The van der Waals surface area contributed by atoms with Crippen LogP contribution in [0.25, 0.3) is 11.1 Å².